The lowest BCUT2D eigenvalue weighted by atomic mass is 10.2. The molecule has 0 atom stereocenters. The Morgan fingerprint density at radius 2 is 1.68 bits per heavy atom. The molecule has 1 aromatic rings. The Kier molecular flexibility index (Phi) is 6.62. The second-order valence-corrected chi connectivity index (χ2v) is 7.03. The number of likely N-dealkylation sites (tertiary alicyclic amines) is 1. The summed E-state index contributed by atoms with van der Waals surface area (Å²) >= 11 is 0. The van der Waals surface area contributed by atoms with Gasteiger partial charge in [0.2, 0.25) is 11.8 Å². The number of esters is 1. The number of benzene rings is 1. The lowest BCUT2D eigenvalue weighted by molar-refractivity contribution is -0.151. The van der Waals surface area contributed by atoms with Crippen LogP contribution in [-0.2, 0) is 23.9 Å². The van der Waals surface area contributed by atoms with Crippen molar-refractivity contribution in [2.75, 3.05) is 36.5 Å². The monoisotopic (exact) mass is 387 g/mol. The van der Waals surface area contributed by atoms with E-state index in [4.69, 9.17) is 4.74 Å². The van der Waals surface area contributed by atoms with E-state index in [9.17, 15) is 19.2 Å². The van der Waals surface area contributed by atoms with E-state index >= 15 is 0 Å². The van der Waals surface area contributed by atoms with Gasteiger partial charge in [-0.3, -0.25) is 19.2 Å². The Morgan fingerprint density at radius 3 is 2.39 bits per heavy atom. The second-order valence-electron chi connectivity index (χ2n) is 7.03. The molecule has 2 aliphatic rings. The van der Waals surface area contributed by atoms with Crippen molar-refractivity contribution in [3.8, 4) is 0 Å². The minimum atomic E-state index is -0.590. The van der Waals surface area contributed by atoms with Crippen LogP contribution < -0.4 is 10.2 Å². The number of ether oxygens (including phenoxy) is 1. The van der Waals surface area contributed by atoms with Crippen LogP contribution in [0.1, 0.15) is 38.5 Å². The van der Waals surface area contributed by atoms with Crippen molar-refractivity contribution in [2.24, 2.45) is 0 Å². The van der Waals surface area contributed by atoms with Crippen molar-refractivity contribution in [2.45, 2.75) is 38.5 Å². The first-order chi connectivity index (χ1) is 13.5. The molecule has 28 heavy (non-hydrogen) atoms. The van der Waals surface area contributed by atoms with E-state index in [2.05, 4.69) is 5.32 Å². The quantitative estimate of drug-likeness (QED) is 0.750. The predicted octanol–water partition coefficient (Wildman–Crippen LogP) is 1.70. The molecule has 8 heteroatoms. The van der Waals surface area contributed by atoms with Crippen molar-refractivity contribution in [3.63, 3.8) is 0 Å². The third-order valence-electron chi connectivity index (χ3n) is 4.89. The highest BCUT2D eigenvalue weighted by atomic mass is 16.5. The molecular formula is C20H25N3O5. The van der Waals surface area contributed by atoms with Gasteiger partial charge >= 0.3 is 5.97 Å². The van der Waals surface area contributed by atoms with E-state index in [1.807, 2.05) is 0 Å². The van der Waals surface area contributed by atoms with E-state index in [1.165, 1.54) is 4.90 Å². The normalized spacial score (nSPS) is 17.4. The fourth-order valence-corrected chi connectivity index (χ4v) is 3.40. The van der Waals surface area contributed by atoms with Gasteiger partial charge in [0.25, 0.3) is 5.91 Å². The Morgan fingerprint density at radius 1 is 0.929 bits per heavy atom. The second kappa shape index (κ2) is 9.34. The molecule has 0 unspecified atom stereocenters. The van der Waals surface area contributed by atoms with E-state index in [0.29, 0.717) is 31.6 Å². The van der Waals surface area contributed by atoms with Gasteiger partial charge in [0.15, 0.2) is 6.61 Å². The summed E-state index contributed by atoms with van der Waals surface area (Å²) in [4.78, 5) is 50.8. The molecule has 3 amide bonds. The zero-order valence-electron chi connectivity index (χ0n) is 15.8. The van der Waals surface area contributed by atoms with Crippen molar-refractivity contribution in [1.82, 2.24) is 4.90 Å². The summed E-state index contributed by atoms with van der Waals surface area (Å²) in [7, 11) is 0. The molecule has 0 aromatic heterocycles. The molecule has 2 fully saturated rings. The third-order valence-corrected chi connectivity index (χ3v) is 4.89. The lowest BCUT2D eigenvalue weighted by Gasteiger charge is -2.19. The van der Waals surface area contributed by atoms with Crippen molar-refractivity contribution in [1.29, 1.82) is 0 Å². The van der Waals surface area contributed by atoms with E-state index in [0.717, 1.165) is 31.4 Å². The Hall–Kier alpha value is -2.90. The summed E-state index contributed by atoms with van der Waals surface area (Å²) in [5.41, 5.74) is 1.35. The average Bonchev–Trinajstić information content (AvgIpc) is 3.01. The number of rotatable bonds is 6. The number of amides is 3. The number of carbonyl (C=O) groups excluding carboxylic acids is 4. The van der Waals surface area contributed by atoms with Gasteiger partial charge in [-0.1, -0.05) is 6.42 Å². The van der Waals surface area contributed by atoms with Crippen LogP contribution in [0.4, 0.5) is 11.4 Å². The van der Waals surface area contributed by atoms with E-state index < -0.39 is 18.5 Å². The Bertz CT molecular complexity index is 747. The van der Waals surface area contributed by atoms with Crippen LogP contribution in [0.5, 0.6) is 0 Å². The van der Waals surface area contributed by atoms with Crippen LogP contribution in [0, 0.1) is 0 Å². The highest BCUT2D eigenvalue weighted by molar-refractivity contribution is 5.96. The molecule has 1 aromatic carbocycles. The van der Waals surface area contributed by atoms with Gasteiger partial charge in [-0.2, -0.15) is 0 Å². The molecule has 2 saturated heterocycles. The smallest absolute Gasteiger partial charge is 0.326 e. The first kappa shape index (κ1) is 19.9. The molecule has 2 aliphatic heterocycles. The summed E-state index contributed by atoms with van der Waals surface area (Å²) < 4.78 is 4.99. The maximum absolute atomic E-state index is 12.0. The largest absolute Gasteiger partial charge is 0.454 e. The maximum Gasteiger partial charge on any atom is 0.326 e. The number of nitrogens with zero attached hydrogens (tertiary/aromatic N) is 2. The van der Waals surface area contributed by atoms with Gasteiger partial charge in [0.1, 0.15) is 6.54 Å². The number of hydrogen-bond donors (Lipinski definition) is 1. The van der Waals surface area contributed by atoms with Gasteiger partial charge in [-0.15, -0.1) is 0 Å². The molecule has 0 saturated carbocycles. The van der Waals surface area contributed by atoms with Gasteiger partial charge in [0.05, 0.1) is 0 Å². The topological polar surface area (TPSA) is 96.0 Å². The Balaban J connectivity index is 1.43. The summed E-state index contributed by atoms with van der Waals surface area (Å²) in [5.74, 6) is -0.990. The zero-order chi connectivity index (χ0) is 19.9. The number of nitrogens with one attached hydrogen (secondary N) is 1. The first-order valence-electron chi connectivity index (χ1n) is 9.66. The average molecular weight is 387 g/mol. The van der Waals surface area contributed by atoms with Crippen molar-refractivity contribution in [3.05, 3.63) is 24.3 Å². The molecule has 1 N–H and O–H groups in total. The third kappa shape index (κ3) is 5.31. The number of carbonyl (C=O) groups is 4. The summed E-state index contributed by atoms with van der Waals surface area (Å²) in [6.07, 6.45) is 4.56. The fourth-order valence-electron chi connectivity index (χ4n) is 3.40. The SMILES string of the molecule is O=C(COC(=O)CN1CCCCCC1=O)Nc1ccc(N2CCCC2=O)cc1. The first-order valence-corrected chi connectivity index (χ1v) is 9.66. The highest BCUT2D eigenvalue weighted by Crippen LogP contribution is 2.23. The molecule has 0 bridgehead atoms. The van der Waals surface area contributed by atoms with Crippen LogP contribution in [-0.4, -0.2) is 54.8 Å². The summed E-state index contributed by atoms with van der Waals surface area (Å²) in [5, 5.41) is 2.65. The lowest BCUT2D eigenvalue weighted by Crippen LogP contribution is -2.36. The van der Waals surface area contributed by atoms with Gasteiger partial charge in [-0.05, 0) is 43.5 Å². The van der Waals surface area contributed by atoms with Crippen LogP contribution in [0.3, 0.4) is 0 Å². The molecular weight excluding hydrogens is 362 g/mol. The van der Waals surface area contributed by atoms with Gasteiger partial charge < -0.3 is 19.9 Å². The van der Waals surface area contributed by atoms with Crippen molar-refractivity contribution < 1.29 is 23.9 Å². The van der Waals surface area contributed by atoms with Crippen LogP contribution >= 0.6 is 0 Å². The van der Waals surface area contributed by atoms with E-state index in [-0.39, 0.29) is 18.4 Å². The maximum atomic E-state index is 12.0. The predicted molar refractivity (Wildman–Crippen MR) is 103 cm³/mol. The number of hydrogen-bond acceptors (Lipinski definition) is 5. The van der Waals surface area contributed by atoms with Gasteiger partial charge in [-0.25, -0.2) is 0 Å². The molecule has 8 nitrogen and oxygen atoms in total. The molecule has 2 heterocycles. The molecule has 0 aliphatic carbocycles. The number of anilines is 2. The highest BCUT2D eigenvalue weighted by Gasteiger charge is 2.22. The van der Waals surface area contributed by atoms with E-state index in [1.54, 1.807) is 29.2 Å². The molecule has 0 radical (unpaired) electrons. The fraction of sp³-hybridized carbons (Fsp3) is 0.500. The standard InChI is InChI=1S/C20H25N3O5/c24-17(14-28-20(27)13-22-11-3-1-2-5-18(22)25)21-15-7-9-16(10-8-15)23-12-4-6-19(23)26/h7-10H,1-6,11-14H2,(H,21,24). The minimum Gasteiger partial charge on any atom is -0.454 e. The van der Waals surface area contributed by atoms with Crippen LogP contribution in [0.25, 0.3) is 0 Å². The van der Waals surface area contributed by atoms with Crippen LogP contribution in [0.2, 0.25) is 0 Å². The summed E-state index contributed by atoms with van der Waals surface area (Å²) in [6, 6.07) is 6.96. The Labute approximate surface area is 163 Å². The van der Waals surface area contributed by atoms with Crippen molar-refractivity contribution >= 4 is 35.1 Å². The van der Waals surface area contributed by atoms with Gasteiger partial charge in [0, 0.05) is 37.3 Å². The van der Waals surface area contributed by atoms with Crippen LogP contribution in [0.15, 0.2) is 24.3 Å². The molecule has 150 valence electrons. The minimum absolute atomic E-state index is 0.0459. The zero-order valence-corrected chi connectivity index (χ0v) is 15.8. The molecule has 0 spiro atoms. The summed E-state index contributed by atoms with van der Waals surface area (Å²) in [6.45, 7) is 0.726. The molecule has 3 rings (SSSR count).